The first-order chi connectivity index (χ1) is 14.6. The first kappa shape index (κ1) is 20.1. The van der Waals surface area contributed by atoms with Crippen molar-refractivity contribution in [2.45, 2.75) is 6.54 Å². The molecule has 1 saturated heterocycles. The fourth-order valence-corrected chi connectivity index (χ4v) is 3.66. The topological polar surface area (TPSA) is 72.8 Å². The summed E-state index contributed by atoms with van der Waals surface area (Å²) < 4.78 is 12.4. The van der Waals surface area contributed by atoms with Crippen LogP contribution in [0.4, 0.5) is 5.69 Å². The van der Waals surface area contributed by atoms with Crippen molar-refractivity contribution in [2.24, 2.45) is 0 Å². The summed E-state index contributed by atoms with van der Waals surface area (Å²) in [7, 11) is 1.32. The number of aromatic nitrogens is 1. The minimum absolute atomic E-state index is 0.271. The molecule has 0 unspecified atom stereocenters. The molecular weight excluding hydrogens is 382 g/mol. The Bertz CT molecular complexity index is 1050. The standard InChI is InChI=1S/C23H25N3O4/c1-29-23(28)19-4-2-3-18(15-19)22(27)24-20-5-6-21-17(16-20)7-8-26(21)10-9-25-11-13-30-14-12-25/h2-8,15-16H,9-14H2,1H3,(H,24,27). The van der Waals surface area contributed by atoms with Crippen LogP contribution in [0.2, 0.25) is 0 Å². The third-order valence-corrected chi connectivity index (χ3v) is 5.34. The number of rotatable bonds is 6. The van der Waals surface area contributed by atoms with E-state index < -0.39 is 5.97 Å². The summed E-state index contributed by atoms with van der Waals surface area (Å²) in [6, 6.07) is 14.4. The summed E-state index contributed by atoms with van der Waals surface area (Å²) in [5.74, 6) is -0.739. The molecule has 0 bridgehead atoms. The number of ether oxygens (including phenoxy) is 2. The molecule has 3 aromatic rings. The van der Waals surface area contributed by atoms with Gasteiger partial charge >= 0.3 is 5.97 Å². The predicted molar refractivity (Wildman–Crippen MR) is 115 cm³/mol. The van der Waals surface area contributed by atoms with E-state index in [1.54, 1.807) is 18.2 Å². The molecule has 0 aliphatic carbocycles. The summed E-state index contributed by atoms with van der Waals surface area (Å²) >= 11 is 0. The number of nitrogens with one attached hydrogen (secondary N) is 1. The zero-order valence-corrected chi connectivity index (χ0v) is 17.0. The highest BCUT2D eigenvalue weighted by molar-refractivity contribution is 6.06. The van der Waals surface area contributed by atoms with E-state index in [2.05, 4.69) is 27.0 Å². The van der Waals surface area contributed by atoms with Gasteiger partial charge in [0.05, 0.1) is 25.9 Å². The molecule has 1 aliphatic heterocycles. The highest BCUT2D eigenvalue weighted by atomic mass is 16.5. The zero-order valence-electron chi connectivity index (χ0n) is 17.0. The fourth-order valence-electron chi connectivity index (χ4n) is 3.66. The van der Waals surface area contributed by atoms with E-state index in [4.69, 9.17) is 9.47 Å². The first-order valence-electron chi connectivity index (χ1n) is 10.0. The van der Waals surface area contributed by atoms with Gasteiger partial charge in [-0.15, -0.1) is 0 Å². The molecule has 0 saturated carbocycles. The Kier molecular flexibility index (Phi) is 6.11. The molecule has 156 valence electrons. The van der Waals surface area contributed by atoms with Gasteiger partial charge in [0.1, 0.15) is 0 Å². The highest BCUT2D eigenvalue weighted by Crippen LogP contribution is 2.21. The number of benzene rings is 2. The summed E-state index contributed by atoms with van der Waals surface area (Å²) in [4.78, 5) is 26.7. The first-order valence-corrected chi connectivity index (χ1v) is 10.0. The molecule has 2 aromatic carbocycles. The number of fused-ring (bicyclic) bond motifs is 1. The lowest BCUT2D eigenvalue weighted by Crippen LogP contribution is -2.38. The number of esters is 1. The van der Waals surface area contributed by atoms with Crippen molar-refractivity contribution < 1.29 is 19.1 Å². The van der Waals surface area contributed by atoms with E-state index in [0.717, 1.165) is 50.3 Å². The Morgan fingerprint density at radius 2 is 1.83 bits per heavy atom. The van der Waals surface area contributed by atoms with E-state index >= 15 is 0 Å². The van der Waals surface area contributed by atoms with E-state index in [9.17, 15) is 9.59 Å². The Labute approximate surface area is 175 Å². The molecule has 2 heterocycles. The SMILES string of the molecule is COC(=O)c1cccc(C(=O)Nc2ccc3c(ccn3CCN3CCOCC3)c2)c1. The number of methoxy groups -OCH3 is 1. The second kappa shape index (κ2) is 9.11. The summed E-state index contributed by atoms with van der Waals surface area (Å²) in [6.45, 7) is 5.47. The van der Waals surface area contributed by atoms with Crippen LogP contribution in [-0.4, -0.2) is 61.3 Å². The number of hydrogen-bond acceptors (Lipinski definition) is 5. The number of amides is 1. The lowest BCUT2D eigenvalue weighted by molar-refractivity contribution is 0.0365. The van der Waals surface area contributed by atoms with Crippen LogP contribution in [0.25, 0.3) is 10.9 Å². The lowest BCUT2D eigenvalue weighted by Gasteiger charge is -2.26. The minimum Gasteiger partial charge on any atom is -0.465 e. The van der Waals surface area contributed by atoms with Crippen LogP contribution in [0.1, 0.15) is 20.7 Å². The van der Waals surface area contributed by atoms with E-state index in [1.807, 2.05) is 18.2 Å². The maximum Gasteiger partial charge on any atom is 0.337 e. The second-order valence-electron chi connectivity index (χ2n) is 7.26. The van der Waals surface area contributed by atoms with Gasteiger partial charge in [0.15, 0.2) is 0 Å². The average Bonchev–Trinajstić information content (AvgIpc) is 3.20. The molecule has 4 rings (SSSR count). The highest BCUT2D eigenvalue weighted by Gasteiger charge is 2.13. The molecule has 0 spiro atoms. The van der Waals surface area contributed by atoms with Crippen LogP contribution in [0, 0.1) is 0 Å². The van der Waals surface area contributed by atoms with Gasteiger partial charge in [0.2, 0.25) is 0 Å². The Morgan fingerprint density at radius 3 is 2.63 bits per heavy atom. The molecule has 7 heteroatoms. The fraction of sp³-hybridized carbons (Fsp3) is 0.304. The summed E-state index contributed by atoms with van der Waals surface area (Å²) in [5, 5.41) is 3.97. The molecule has 1 N–H and O–H groups in total. The number of nitrogens with zero attached hydrogens (tertiary/aromatic N) is 2. The Balaban J connectivity index is 1.44. The third-order valence-electron chi connectivity index (χ3n) is 5.34. The van der Waals surface area contributed by atoms with Crippen LogP contribution >= 0.6 is 0 Å². The number of carbonyl (C=O) groups is 2. The number of carbonyl (C=O) groups excluding carboxylic acids is 2. The van der Waals surface area contributed by atoms with Crippen LogP contribution in [0.3, 0.4) is 0 Å². The second-order valence-corrected chi connectivity index (χ2v) is 7.26. The van der Waals surface area contributed by atoms with Gasteiger partial charge in [-0.05, 0) is 42.5 Å². The average molecular weight is 407 g/mol. The predicted octanol–water partition coefficient (Wildman–Crippen LogP) is 3.01. The van der Waals surface area contributed by atoms with Crippen LogP contribution in [-0.2, 0) is 16.0 Å². The summed E-state index contributed by atoms with van der Waals surface area (Å²) in [5.41, 5.74) is 2.59. The van der Waals surface area contributed by atoms with Gasteiger partial charge in [-0.3, -0.25) is 9.69 Å². The van der Waals surface area contributed by atoms with Gasteiger partial charge < -0.3 is 19.4 Å². The number of morpholine rings is 1. The van der Waals surface area contributed by atoms with E-state index in [0.29, 0.717) is 16.8 Å². The van der Waals surface area contributed by atoms with Gasteiger partial charge in [-0.2, -0.15) is 0 Å². The van der Waals surface area contributed by atoms with Gasteiger partial charge in [-0.1, -0.05) is 6.07 Å². The van der Waals surface area contributed by atoms with Crippen molar-refractivity contribution in [3.05, 3.63) is 65.9 Å². The van der Waals surface area contributed by atoms with Crippen molar-refractivity contribution in [3.8, 4) is 0 Å². The van der Waals surface area contributed by atoms with Crippen LogP contribution in [0.15, 0.2) is 54.7 Å². The van der Waals surface area contributed by atoms with Crippen LogP contribution < -0.4 is 5.32 Å². The van der Waals surface area contributed by atoms with Crippen molar-refractivity contribution in [1.82, 2.24) is 9.47 Å². The van der Waals surface area contributed by atoms with Gasteiger partial charge in [-0.25, -0.2) is 4.79 Å². The smallest absolute Gasteiger partial charge is 0.337 e. The minimum atomic E-state index is -0.468. The zero-order chi connectivity index (χ0) is 20.9. The van der Waals surface area contributed by atoms with Crippen molar-refractivity contribution >= 4 is 28.5 Å². The summed E-state index contributed by atoms with van der Waals surface area (Å²) in [6.07, 6.45) is 2.08. The molecule has 30 heavy (non-hydrogen) atoms. The maximum absolute atomic E-state index is 12.6. The van der Waals surface area contributed by atoms with Crippen LogP contribution in [0.5, 0.6) is 0 Å². The molecule has 1 amide bonds. The molecular formula is C23H25N3O4. The van der Waals surface area contributed by atoms with Gasteiger partial charge in [0.25, 0.3) is 5.91 Å². The molecule has 0 atom stereocenters. The maximum atomic E-state index is 12.6. The normalized spacial score (nSPS) is 14.6. The number of hydrogen-bond donors (Lipinski definition) is 1. The van der Waals surface area contributed by atoms with E-state index in [1.165, 1.54) is 13.2 Å². The van der Waals surface area contributed by atoms with Crippen molar-refractivity contribution in [2.75, 3.05) is 45.3 Å². The van der Waals surface area contributed by atoms with Crippen molar-refractivity contribution in [1.29, 1.82) is 0 Å². The monoisotopic (exact) mass is 407 g/mol. The molecule has 1 aliphatic rings. The molecule has 1 fully saturated rings. The van der Waals surface area contributed by atoms with Gasteiger partial charge in [0, 0.05) is 54.5 Å². The largest absolute Gasteiger partial charge is 0.465 e. The van der Waals surface area contributed by atoms with E-state index in [-0.39, 0.29) is 5.91 Å². The molecule has 7 nitrogen and oxygen atoms in total. The number of anilines is 1. The van der Waals surface area contributed by atoms with Crippen molar-refractivity contribution in [3.63, 3.8) is 0 Å². The molecule has 0 radical (unpaired) electrons. The molecule has 1 aromatic heterocycles. The Morgan fingerprint density at radius 1 is 1.03 bits per heavy atom. The quantitative estimate of drug-likeness (QED) is 0.636. The Hall–Kier alpha value is -3.16. The third kappa shape index (κ3) is 4.53. The lowest BCUT2D eigenvalue weighted by atomic mass is 10.1.